The van der Waals surface area contributed by atoms with E-state index >= 15 is 0 Å². The summed E-state index contributed by atoms with van der Waals surface area (Å²) in [6.07, 6.45) is 10.0. The van der Waals surface area contributed by atoms with Crippen molar-refractivity contribution >= 4 is 29.0 Å². The average Bonchev–Trinajstić information content (AvgIpc) is 3.68. The van der Waals surface area contributed by atoms with E-state index in [4.69, 9.17) is 0 Å². The van der Waals surface area contributed by atoms with Gasteiger partial charge in [0, 0.05) is 0 Å². The molecule has 4 aromatic carbocycles. The predicted octanol–water partition coefficient (Wildman–Crippen LogP) is 13.4. The fraction of sp³-hybridized carbons (Fsp3) is 0.383. The van der Waals surface area contributed by atoms with Crippen molar-refractivity contribution < 1.29 is 24.2 Å². The van der Waals surface area contributed by atoms with Crippen LogP contribution in [-0.2, 0) is 41.5 Å². The SMILES string of the molecule is CC(C)(C)c1[c-]c2c(cc1)-c1ccc(C(C)(C)C)cc1C2.CCC1[C-]=CC(C(C)(C)C)=C1.Cc1cc[c-]cc1.Cc1cc[c-]cc1.Cl.Cl.[CH2]=[Zr]. The van der Waals surface area contributed by atoms with Gasteiger partial charge in [0.15, 0.2) is 0 Å². The van der Waals surface area contributed by atoms with Gasteiger partial charge >= 0.3 is 28.4 Å². The van der Waals surface area contributed by atoms with Crippen LogP contribution in [0, 0.1) is 49.5 Å². The maximum absolute atomic E-state index is 3.67. The molecule has 0 heterocycles. The fourth-order valence-corrected chi connectivity index (χ4v) is 5.18. The van der Waals surface area contributed by atoms with Gasteiger partial charge in [0.1, 0.15) is 0 Å². The van der Waals surface area contributed by atoms with Crippen molar-refractivity contribution in [2.24, 2.45) is 11.3 Å². The first-order chi connectivity index (χ1) is 22.5. The van der Waals surface area contributed by atoms with E-state index in [9.17, 15) is 0 Å². The molecule has 0 nitrogen and oxygen atoms in total. The summed E-state index contributed by atoms with van der Waals surface area (Å²) in [5.41, 5.74) is 13.0. The number of hydrogen-bond donors (Lipinski definition) is 0. The standard InChI is InChI=1S/C21H25.C11H17.2C7H7.CH2.2ClH.Zr/c1-20(2,3)16-7-9-18-14(12-16)11-15-13-17(21(4,5)6)8-10-19(15)18;1-5-9-6-7-10(8-9)11(2,3)4;2*1-7-5-3-2-4-6-7;;;;/h7-10,12H,11H2,1-6H3;7-9H,5H2,1-4H3;2*3-6H,1H3;1H2;2*1H;/q4*-1;;;;. The molecule has 0 saturated heterocycles. The summed E-state index contributed by atoms with van der Waals surface area (Å²) >= 11 is 1.30. The number of fused-ring (bicyclic) bond motifs is 3. The van der Waals surface area contributed by atoms with Gasteiger partial charge in [-0.2, -0.15) is 107 Å². The van der Waals surface area contributed by atoms with Crippen molar-refractivity contribution in [1.82, 2.24) is 0 Å². The molecule has 0 amide bonds. The van der Waals surface area contributed by atoms with E-state index in [2.05, 4.69) is 154 Å². The third-order valence-electron chi connectivity index (χ3n) is 8.37. The molecule has 0 fully saturated rings. The Labute approximate surface area is 334 Å². The number of benzene rings is 4. The summed E-state index contributed by atoms with van der Waals surface area (Å²) in [6, 6.07) is 36.8. The molecular formula is C47H60Cl2Zr-4. The van der Waals surface area contributed by atoms with Crippen LogP contribution in [0.5, 0.6) is 0 Å². The Kier molecular flexibility index (Phi) is 20.9. The molecule has 270 valence electrons. The third-order valence-corrected chi connectivity index (χ3v) is 8.37. The van der Waals surface area contributed by atoms with Gasteiger partial charge in [-0.15, -0.1) is 35.9 Å². The molecule has 0 aliphatic heterocycles. The number of hydrogen-bond acceptors (Lipinski definition) is 0. The Hall–Kier alpha value is -2.31. The van der Waals surface area contributed by atoms with E-state index < -0.39 is 0 Å². The molecule has 0 spiro atoms. The molecule has 3 heteroatoms. The average molecular weight is 787 g/mol. The molecule has 0 bridgehead atoms. The van der Waals surface area contributed by atoms with Crippen LogP contribution in [0.3, 0.4) is 0 Å². The second-order valence-electron chi connectivity index (χ2n) is 15.7. The van der Waals surface area contributed by atoms with Gasteiger partial charge in [0.2, 0.25) is 0 Å². The summed E-state index contributed by atoms with van der Waals surface area (Å²) in [7, 11) is 0. The first-order valence-electron chi connectivity index (χ1n) is 17.2. The van der Waals surface area contributed by atoms with Crippen LogP contribution in [0.4, 0.5) is 0 Å². The zero-order valence-corrected chi connectivity index (χ0v) is 36.8. The Bertz CT molecular complexity index is 1510. The monoisotopic (exact) mass is 784 g/mol. The Morgan fingerprint density at radius 1 is 0.680 bits per heavy atom. The molecule has 0 aromatic heterocycles. The second-order valence-corrected chi connectivity index (χ2v) is 15.7. The van der Waals surface area contributed by atoms with Gasteiger partial charge in [0.05, 0.1) is 0 Å². The van der Waals surface area contributed by atoms with E-state index in [0.29, 0.717) is 11.3 Å². The fourth-order valence-electron chi connectivity index (χ4n) is 5.18. The van der Waals surface area contributed by atoms with Crippen LogP contribution < -0.4 is 0 Å². The molecule has 0 radical (unpaired) electrons. The van der Waals surface area contributed by atoms with Crippen LogP contribution in [-0.4, -0.2) is 4.21 Å². The Morgan fingerprint density at radius 3 is 1.54 bits per heavy atom. The van der Waals surface area contributed by atoms with Crippen molar-refractivity contribution in [3.63, 3.8) is 0 Å². The molecule has 4 aromatic rings. The number of aryl methyl sites for hydroxylation is 2. The van der Waals surface area contributed by atoms with Crippen LogP contribution in [0.15, 0.2) is 96.6 Å². The molecule has 1 unspecified atom stereocenters. The summed E-state index contributed by atoms with van der Waals surface area (Å²) in [6.45, 7) is 26.7. The van der Waals surface area contributed by atoms with E-state index in [-0.39, 0.29) is 35.6 Å². The van der Waals surface area contributed by atoms with Crippen molar-refractivity contribution in [2.75, 3.05) is 0 Å². The molecule has 2 aliphatic carbocycles. The van der Waals surface area contributed by atoms with Gasteiger partial charge in [-0.25, -0.2) is 6.08 Å². The molecule has 0 N–H and O–H groups in total. The second kappa shape index (κ2) is 21.9. The molecule has 50 heavy (non-hydrogen) atoms. The molecular weight excluding hydrogens is 727 g/mol. The third kappa shape index (κ3) is 15.5. The molecule has 0 saturated carbocycles. The van der Waals surface area contributed by atoms with Crippen LogP contribution in [0.2, 0.25) is 0 Å². The number of rotatable bonds is 1. The van der Waals surface area contributed by atoms with E-state index in [0.717, 1.165) is 6.42 Å². The Morgan fingerprint density at radius 2 is 1.18 bits per heavy atom. The van der Waals surface area contributed by atoms with Crippen molar-refractivity contribution in [3.8, 4) is 11.1 Å². The summed E-state index contributed by atoms with van der Waals surface area (Å²) in [5, 5.41) is 0. The minimum atomic E-state index is 0. The predicted molar refractivity (Wildman–Crippen MR) is 222 cm³/mol. The zero-order valence-electron chi connectivity index (χ0n) is 32.7. The topological polar surface area (TPSA) is 0 Å². The normalized spacial score (nSPS) is 13.7. The van der Waals surface area contributed by atoms with Gasteiger partial charge in [0.25, 0.3) is 0 Å². The van der Waals surface area contributed by atoms with Gasteiger partial charge in [-0.3, -0.25) is 6.08 Å². The van der Waals surface area contributed by atoms with Crippen molar-refractivity contribution in [3.05, 3.63) is 154 Å². The number of allylic oxidation sites excluding steroid dienone is 4. The maximum atomic E-state index is 3.67. The first-order valence-corrected chi connectivity index (χ1v) is 18.9. The van der Waals surface area contributed by atoms with Gasteiger partial charge in [-0.1, -0.05) is 125 Å². The molecule has 2 aliphatic rings. The quantitative estimate of drug-likeness (QED) is 0.149. The minimum absolute atomic E-state index is 0. The first kappa shape index (κ1) is 47.7. The molecule has 6 rings (SSSR count). The van der Waals surface area contributed by atoms with E-state index in [1.54, 1.807) is 0 Å². The number of halogens is 2. The summed E-state index contributed by atoms with van der Waals surface area (Å²) in [4.78, 5) is 0. The van der Waals surface area contributed by atoms with E-state index in [1.807, 2.05) is 48.5 Å². The van der Waals surface area contributed by atoms with Crippen molar-refractivity contribution in [2.45, 2.75) is 107 Å². The van der Waals surface area contributed by atoms with E-state index in [1.165, 1.54) is 80.7 Å². The summed E-state index contributed by atoms with van der Waals surface area (Å²) in [5.74, 6) is 0.573. The summed E-state index contributed by atoms with van der Waals surface area (Å²) < 4.78 is 3.34. The van der Waals surface area contributed by atoms with Crippen molar-refractivity contribution in [1.29, 1.82) is 0 Å². The van der Waals surface area contributed by atoms with Gasteiger partial charge < -0.3 is 0 Å². The Balaban J connectivity index is 0.000000697. The van der Waals surface area contributed by atoms with Crippen LogP contribution in [0.25, 0.3) is 11.1 Å². The van der Waals surface area contributed by atoms with Crippen LogP contribution in [0.1, 0.15) is 109 Å². The van der Waals surface area contributed by atoms with Crippen LogP contribution >= 0.6 is 24.8 Å². The van der Waals surface area contributed by atoms with Gasteiger partial charge in [-0.05, 0) is 28.4 Å². The zero-order chi connectivity index (χ0) is 36.1. The molecule has 1 atom stereocenters.